The lowest BCUT2D eigenvalue weighted by molar-refractivity contribution is -0.0855. The summed E-state index contributed by atoms with van der Waals surface area (Å²) >= 11 is 0. The molecule has 8 bridgehead atoms. The number of hydrogen-bond donors (Lipinski definition) is 1. The Balaban J connectivity index is 1.39. The molecule has 0 unspecified atom stereocenters. The number of alkyl halides is 2. The Bertz CT molecular complexity index is 1600. The number of piperidine rings is 1. The lowest BCUT2D eigenvalue weighted by Crippen LogP contribution is -2.40. The molecule has 3 aromatic rings. The van der Waals surface area contributed by atoms with E-state index in [9.17, 15) is 5.26 Å². The molecule has 2 fully saturated rings. The zero-order valence-electron chi connectivity index (χ0n) is 27.3. The first-order valence-corrected chi connectivity index (χ1v) is 14.6. The second-order valence-electron chi connectivity index (χ2n) is 11.5. The van der Waals surface area contributed by atoms with Gasteiger partial charge in [0.15, 0.2) is 5.65 Å². The van der Waals surface area contributed by atoms with Crippen molar-refractivity contribution in [3.8, 4) is 11.9 Å². The van der Waals surface area contributed by atoms with E-state index in [4.69, 9.17) is 10.2 Å². The second-order valence-corrected chi connectivity index (χ2v) is 11.5. The molecule has 41 heavy (non-hydrogen) atoms. The number of halogens is 2. The average molecular weight is 565 g/mol. The quantitative estimate of drug-likeness (QED) is 0.344. The summed E-state index contributed by atoms with van der Waals surface area (Å²) in [5.74, 6) is -3.53. The number of pyridine rings is 1. The largest absolute Gasteiger partial charge is 0.477 e. The highest BCUT2D eigenvalue weighted by molar-refractivity contribution is 5.88. The third-order valence-corrected chi connectivity index (χ3v) is 8.66. The number of anilines is 1. The van der Waals surface area contributed by atoms with Gasteiger partial charge in [-0.1, -0.05) is 37.5 Å². The van der Waals surface area contributed by atoms with Crippen molar-refractivity contribution in [2.24, 2.45) is 5.92 Å². The van der Waals surface area contributed by atoms with E-state index < -0.39 is 36.4 Å². The number of aromatic nitrogens is 3. The van der Waals surface area contributed by atoms with Crippen molar-refractivity contribution in [3.05, 3.63) is 53.3 Å². The molecule has 1 atom stereocenters. The van der Waals surface area contributed by atoms with Gasteiger partial charge in [-0.25, -0.2) is 18.7 Å². The molecule has 1 saturated heterocycles. The van der Waals surface area contributed by atoms with Crippen molar-refractivity contribution >= 4 is 16.9 Å². The number of rotatable bonds is 1. The Morgan fingerprint density at radius 3 is 2.66 bits per heavy atom. The Morgan fingerprint density at radius 1 is 1.10 bits per heavy atom. The standard InChI is InChI=1S/C32H38F2N6O/c1-22-23-8-7-9-25(18-23)32(33,34)24-10-15-40(16-11-24)14-5-3-2-4-6-17-41-30-27(31(20-35)12-13-31)19-26-28(38-22)36-21-37-29(26)39-30/h7-9,18-19,21-22,24H,2-6,10-17H2,1H3,(H,36,37,38,39)/t22-/m1/s1/i14D2,17D2. The molecule has 2 aromatic heterocycles. The number of hydrogen-bond acceptors (Lipinski definition) is 7. The molecule has 1 N–H and O–H groups in total. The van der Waals surface area contributed by atoms with Crippen LogP contribution in [0.2, 0.25) is 0 Å². The Labute approximate surface area is 246 Å². The van der Waals surface area contributed by atoms with Gasteiger partial charge < -0.3 is 15.0 Å². The fourth-order valence-electron chi connectivity index (χ4n) is 5.87. The van der Waals surface area contributed by atoms with E-state index in [0.717, 1.165) is 0 Å². The van der Waals surface area contributed by atoms with Crippen molar-refractivity contribution in [2.45, 2.75) is 82.1 Å². The molecule has 0 radical (unpaired) electrons. The molecule has 7 nitrogen and oxygen atoms in total. The van der Waals surface area contributed by atoms with Gasteiger partial charge in [0.2, 0.25) is 5.88 Å². The van der Waals surface area contributed by atoms with Gasteiger partial charge in [-0.3, -0.25) is 0 Å². The lowest BCUT2D eigenvalue weighted by atomic mass is 9.85. The molecule has 7 heterocycles. The van der Waals surface area contributed by atoms with Crippen LogP contribution in [0.15, 0.2) is 36.7 Å². The molecule has 9 heteroatoms. The molecular weight excluding hydrogens is 522 g/mol. The van der Waals surface area contributed by atoms with Crippen LogP contribution in [-0.2, 0) is 11.3 Å². The summed E-state index contributed by atoms with van der Waals surface area (Å²) in [4.78, 5) is 15.0. The van der Waals surface area contributed by atoms with Crippen molar-refractivity contribution < 1.29 is 19.0 Å². The van der Waals surface area contributed by atoms with Crippen molar-refractivity contribution in [1.29, 1.82) is 5.26 Å². The first-order chi connectivity index (χ1) is 21.3. The zero-order valence-corrected chi connectivity index (χ0v) is 23.3. The van der Waals surface area contributed by atoms with Crippen molar-refractivity contribution in [2.75, 3.05) is 31.5 Å². The van der Waals surface area contributed by atoms with E-state index in [0.29, 0.717) is 54.4 Å². The SMILES string of the molecule is [2H]C1([2H])CCCCCC([2H])([2H])N2CCC(CC2)C(F)(F)c2cccc(c2)[C@@H](C)Nc2ncnc3nc(c(C4(C#N)CC4)cc23)O1. The number of benzene rings is 1. The fraction of sp³-hybridized carbons (Fsp3) is 0.562. The Hall–Kier alpha value is -3.38. The van der Waals surface area contributed by atoms with Crippen LogP contribution in [0.4, 0.5) is 14.6 Å². The van der Waals surface area contributed by atoms with Crippen LogP contribution in [-0.4, -0.2) is 46.0 Å². The molecule has 6 aliphatic rings. The summed E-state index contributed by atoms with van der Waals surface area (Å²) in [5.41, 5.74) is 0.464. The molecule has 0 amide bonds. The lowest BCUT2D eigenvalue weighted by Gasteiger charge is -2.36. The molecular formula is C32H38F2N6O. The monoisotopic (exact) mass is 564 g/mol. The van der Waals surface area contributed by atoms with E-state index in [1.54, 1.807) is 23.1 Å². The number of nitrogens with zero attached hydrogens (tertiary/aromatic N) is 5. The van der Waals surface area contributed by atoms with Crippen LogP contribution in [0.3, 0.4) is 0 Å². The minimum Gasteiger partial charge on any atom is -0.477 e. The molecule has 0 spiro atoms. The van der Waals surface area contributed by atoms with Gasteiger partial charge in [-0.05, 0) is 82.7 Å². The first kappa shape index (κ1) is 23.2. The third kappa shape index (κ3) is 5.72. The molecule has 5 aliphatic heterocycles. The van der Waals surface area contributed by atoms with Crippen molar-refractivity contribution in [1.82, 2.24) is 19.9 Å². The van der Waals surface area contributed by atoms with E-state index >= 15 is 8.78 Å². The summed E-state index contributed by atoms with van der Waals surface area (Å²) in [6, 6.07) is 10.1. The Kier molecular flexibility index (Phi) is 6.50. The zero-order chi connectivity index (χ0) is 32.0. The molecule has 1 saturated carbocycles. The molecule has 1 aliphatic carbocycles. The van der Waals surface area contributed by atoms with E-state index in [2.05, 4.69) is 26.3 Å². The van der Waals surface area contributed by atoms with Crippen LogP contribution in [0.5, 0.6) is 5.88 Å². The molecule has 9 rings (SSSR count). The van der Waals surface area contributed by atoms with Crippen LogP contribution in [0.25, 0.3) is 11.0 Å². The van der Waals surface area contributed by atoms with Crippen LogP contribution < -0.4 is 10.1 Å². The average Bonchev–Trinajstić information content (AvgIpc) is 3.81. The molecule has 216 valence electrons. The van der Waals surface area contributed by atoms with Crippen LogP contribution in [0, 0.1) is 17.2 Å². The highest BCUT2D eigenvalue weighted by Crippen LogP contribution is 2.51. The van der Waals surface area contributed by atoms with Gasteiger partial charge in [0.1, 0.15) is 12.1 Å². The van der Waals surface area contributed by atoms with E-state index in [-0.39, 0.29) is 55.9 Å². The van der Waals surface area contributed by atoms with Gasteiger partial charge in [-0.2, -0.15) is 10.2 Å². The minimum absolute atomic E-state index is 0.0255. The normalized spacial score (nSPS) is 30.0. The number of ether oxygens (including phenoxy) is 1. The predicted molar refractivity (Wildman–Crippen MR) is 154 cm³/mol. The summed E-state index contributed by atoms with van der Waals surface area (Å²) in [5, 5.41) is 13.9. The van der Waals surface area contributed by atoms with Gasteiger partial charge in [-0.15, -0.1) is 0 Å². The highest BCUT2D eigenvalue weighted by atomic mass is 19.3. The highest BCUT2D eigenvalue weighted by Gasteiger charge is 2.48. The summed E-state index contributed by atoms with van der Waals surface area (Å²) in [6.07, 6.45) is 4.73. The van der Waals surface area contributed by atoms with E-state index in [1.165, 1.54) is 18.5 Å². The maximum absolute atomic E-state index is 15.9. The first-order valence-electron chi connectivity index (χ1n) is 16.6. The number of nitriles is 1. The summed E-state index contributed by atoms with van der Waals surface area (Å²) < 4.78 is 72.1. The van der Waals surface area contributed by atoms with Crippen molar-refractivity contribution in [3.63, 3.8) is 0 Å². The summed E-state index contributed by atoms with van der Waals surface area (Å²) in [7, 11) is 0. The topological polar surface area (TPSA) is 87.0 Å². The maximum Gasteiger partial charge on any atom is 0.276 e. The fourth-order valence-corrected chi connectivity index (χ4v) is 5.87. The smallest absolute Gasteiger partial charge is 0.276 e. The maximum atomic E-state index is 15.9. The predicted octanol–water partition coefficient (Wildman–Crippen LogP) is 6.90. The minimum atomic E-state index is -3.07. The van der Waals surface area contributed by atoms with Gasteiger partial charge >= 0.3 is 0 Å². The van der Waals surface area contributed by atoms with Gasteiger partial charge in [0, 0.05) is 25.8 Å². The third-order valence-electron chi connectivity index (χ3n) is 8.66. The van der Waals surface area contributed by atoms with E-state index in [1.807, 2.05) is 6.92 Å². The molecule has 1 aromatic carbocycles. The van der Waals surface area contributed by atoms with Gasteiger partial charge in [0.05, 0.1) is 26.2 Å². The number of nitrogens with one attached hydrogen (secondary N) is 1. The Morgan fingerprint density at radius 2 is 1.88 bits per heavy atom. The van der Waals surface area contributed by atoms with Crippen LogP contribution in [0.1, 0.15) is 92.9 Å². The second kappa shape index (κ2) is 11.5. The van der Waals surface area contributed by atoms with Gasteiger partial charge in [0.25, 0.3) is 5.92 Å². The van der Waals surface area contributed by atoms with Crippen LogP contribution >= 0.6 is 0 Å². The summed E-state index contributed by atoms with van der Waals surface area (Å²) in [6.45, 7) is -1.35.